The number of aryl methyl sites for hydroxylation is 1. The predicted molar refractivity (Wildman–Crippen MR) is 114 cm³/mol. The molecular weight excluding hydrogens is 308 g/mol. The van der Waals surface area contributed by atoms with Crippen LogP contribution in [0.25, 0.3) is 0 Å². The summed E-state index contributed by atoms with van der Waals surface area (Å²) < 4.78 is 4.54. The fourth-order valence-electron chi connectivity index (χ4n) is 2.09. The first-order valence-electron chi connectivity index (χ1n) is 8.50. The Labute approximate surface area is 156 Å². The van der Waals surface area contributed by atoms with Gasteiger partial charge in [-0.2, -0.15) is 0 Å². The van der Waals surface area contributed by atoms with Crippen LogP contribution >= 0.6 is 0 Å². The molecule has 0 heterocycles. The van der Waals surface area contributed by atoms with Gasteiger partial charge >= 0.3 is 0 Å². The highest BCUT2D eigenvalue weighted by molar-refractivity contribution is 5.27. The van der Waals surface area contributed by atoms with Crippen LogP contribution < -0.4 is 0 Å². The minimum atomic E-state index is 0. The molecule has 0 atom stereocenters. The molecule has 2 rings (SSSR count). The number of allylic oxidation sites excluding steroid dienone is 5. The lowest BCUT2D eigenvalue weighted by molar-refractivity contribution is 0.215. The summed E-state index contributed by atoms with van der Waals surface area (Å²) in [5.41, 5.74) is 5.66. The third kappa shape index (κ3) is 18.5. The summed E-state index contributed by atoms with van der Waals surface area (Å²) in [5.74, 6) is 0. The monoisotopic (exact) mass is 348 g/mol. The van der Waals surface area contributed by atoms with Crippen LogP contribution in [0.3, 0.4) is 0 Å². The highest BCUT2D eigenvalue weighted by atomic mass is 16.5. The van der Waals surface area contributed by atoms with Crippen LogP contribution in [0.1, 0.15) is 59.9 Å². The van der Waals surface area contributed by atoms with Gasteiger partial charge in [0.05, 0.1) is 0 Å². The highest BCUT2D eigenvalue weighted by Crippen LogP contribution is 2.21. The van der Waals surface area contributed by atoms with Crippen molar-refractivity contribution in [2.24, 2.45) is 0 Å². The Morgan fingerprint density at radius 1 is 1.12 bits per heavy atom. The number of benzene rings is 1. The molecule has 1 aromatic carbocycles. The summed E-state index contributed by atoms with van der Waals surface area (Å²) in [6.07, 6.45) is 9.56. The molecule has 0 amide bonds. The van der Waals surface area contributed by atoms with Crippen LogP contribution in [0.5, 0.6) is 0 Å². The van der Waals surface area contributed by atoms with E-state index in [0.29, 0.717) is 0 Å². The zero-order chi connectivity index (χ0) is 17.5. The van der Waals surface area contributed by atoms with Crippen LogP contribution in [-0.2, 0) is 11.2 Å². The van der Waals surface area contributed by atoms with Gasteiger partial charge in [-0.15, -0.1) is 6.58 Å². The Hall–Kier alpha value is -1.64. The molecule has 0 bridgehead atoms. The number of hydrogen-bond acceptors (Lipinski definition) is 1. The molecular formula is C23H40O2. The molecule has 1 aliphatic carbocycles. The summed E-state index contributed by atoms with van der Waals surface area (Å²) in [6, 6.07) is 10.7. The lowest BCUT2D eigenvalue weighted by Crippen LogP contribution is -1.93. The van der Waals surface area contributed by atoms with E-state index >= 15 is 0 Å². The summed E-state index contributed by atoms with van der Waals surface area (Å²) in [7, 11) is 1.68. The van der Waals surface area contributed by atoms with E-state index in [1.54, 1.807) is 12.7 Å². The molecule has 0 saturated heterocycles. The maximum absolute atomic E-state index is 4.54. The van der Waals surface area contributed by atoms with Crippen LogP contribution in [0.4, 0.5) is 0 Å². The van der Waals surface area contributed by atoms with Crippen molar-refractivity contribution in [1.82, 2.24) is 0 Å². The molecule has 0 radical (unpaired) electrons. The van der Waals surface area contributed by atoms with Gasteiger partial charge in [-0.1, -0.05) is 66.6 Å². The Bertz CT molecular complexity index is 478. The zero-order valence-corrected chi connectivity index (χ0v) is 16.2. The van der Waals surface area contributed by atoms with Crippen molar-refractivity contribution in [1.29, 1.82) is 0 Å². The molecule has 1 aromatic rings. The summed E-state index contributed by atoms with van der Waals surface area (Å²) in [5, 5.41) is 0. The van der Waals surface area contributed by atoms with Gasteiger partial charge in [-0.3, -0.25) is 0 Å². The van der Waals surface area contributed by atoms with Crippen molar-refractivity contribution in [2.75, 3.05) is 13.7 Å². The van der Waals surface area contributed by atoms with Crippen molar-refractivity contribution in [3.63, 3.8) is 0 Å². The van der Waals surface area contributed by atoms with Crippen molar-refractivity contribution in [2.45, 2.75) is 60.8 Å². The molecule has 0 fully saturated rings. The third-order valence-electron chi connectivity index (χ3n) is 3.23. The van der Waals surface area contributed by atoms with Crippen molar-refractivity contribution >= 4 is 0 Å². The molecule has 0 aromatic heterocycles. The largest absolute Gasteiger partial charge is 0.412 e. The van der Waals surface area contributed by atoms with Gasteiger partial charge in [0.1, 0.15) is 0 Å². The standard InChI is InChI=1S/C15H18.C4H8.C3H8O.CH4.H2O/c1-13-6-5-9-15(12-13)11-10-14-7-3-2-4-8-14;1-4(2)3;1-3-4-2;;/h2-4,6-8,12H,5,9-11H2,1H3;1H2,2-3H3;3H2,1-2H3;1H4;1H2. The van der Waals surface area contributed by atoms with Gasteiger partial charge in [0.2, 0.25) is 0 Å². The number of ether oxygens (including phenoxy) is 1. The first kappa shape index (κ1) is 28.2. The topological polar surface area (TPSA) is 40.7 Å². The third-order valence-corrected chi connectivity index (χ3v) is 3.23. The summed E-state index contributed by atoms with van der Waals surface area (Å²) in [6.45, 7) is 12.5. The Kier molecular flexibility index (Phi) is 21.1. The molecule has 0 saturated carbocycles. The lowest BCUT2D eigenvalue weighted by Gasteiger charge is -2.11. The molecule has 0 spiro atoms. The van der Waals surface area contributed by atoms with Crippen LogP contribution in [0.15, 0.2) is 65.8 Å². The molecule has 144 valence electrons. The summed E-state index contributed by atoms with van der Waals surface area (Å²) >= 11 is 0. The van der Waals surface area contributed by atoms with E-state index in [1.165, 1.54) is 42.4 Å². The number of rotatable bonds is 4. The Balaban J connectivity index is -0.000000415. The lowest BCUT2D eigenvalue weighted by atomic mass is 9.95. The Morgan fingerprint density at radius 2 is 1.64 bits per heavy atom. The first-order chi connectivity index (χ1) is 11.0. The normalized spacial score (nSPS) is 11.7. The van der Waals surface area contributed by atoms with E-state index in [9.17, 15) is 0 Å². The molecule has 2 nitrogen and oxygen atoms in total. The minimum absolute atomic E-state index is 0. The minimum Gasteiger partial charge on any atom is -0.412 e. The second-order valence-corrected chi connectivity index (χ2v) is 6.06. The van der Waals surface area contributed by atoms with Gasteiger partial charge in [0.15, 0.2) is 0 Å². The van der Waals surface area contributed by atoms with Crippen molar-refractivity contribution in [3.8, 4) is 0 Å². The Morgan fingerprint density at radius 3 is 2.08 bits per heavy atom. The molecule has 2 heteroatoms. The van der Waals surface area contributed by atoms with Crippen LogP contribution in [0.2, 0.25) is 0 Å². The molecule has 0 aliphatic heterocycles. The predicted octanol–water partition coefficient (Wildman–Crippen LogP) is 6.33. The molecule has 0 unspecified atom stereocenters. The smallest absolute Gasteiger partial charge is 0.0433 e. The van der Waals surface area contributed by atoms with E-state index in [0.717, 1.165) is 6.61 Å². The fourth-order valence-corrected chi connectivity index (χ4v) is 2.09. The zero-order valence-electron chi connectivity index (χ0n) is 16.2. The SMILES string of the molecule is C.C=C(C)C.CC1=CCCC(CCc2ccccc2)=C1.CCOC.O. The molecule has 2 N–H and O–H groups in total. The average Bonchev–Trinajstić information content (AvgIpc) is 2.54. The number of hydrogen-bond donors (Lipinski definition) is 0. The van der Waals surface area contributed by atoms with Crippen LogP contribution in [0, 0.1) is 0 Å². The first-order valence-corrected chi connectivity index (χ1v) is 8.50. The maximum atomic E-state index is 4.54. The van der Waals surface area contributed by atoms with Gasteiger partial charge < -0.3 is 10.2 Å². The fraction of sp³-hybridized carbons (Fsp3) is 0.478. The molecule has 25 heavy (non-hydrogen) atoms. The molecule has 1 aliphatic rings. The summed E-state index contributed by atoms with van der Waals surface area (Å²) in [4.78, 5) is 0. The van der Waals surface area contributed by atoms with Crippen molar-refractivity contribution < 1.29 is 10.2 Å². The van der Waals surface area contributed by atoms with Gasteiger partial charge in [-0.05, 0) is 58.9 Å². The number of methoxy groups -OCH3 is 1. The van der Waals surface area contributed by atoms with Gasteiger partial charge in [-0.25, -0.2) is 0 Å². The highest BCUT2D eigenvalue weighted by Gasteiger charge is 2.02. The van der Waals surface area contributed by atoms with Crippen LogP contribution in [-0.4, -0.2) is 19.2 Å². The van der Waals surface area contributed by atoms with Gasteiger partial charge in [0.25, 0.3) is 0 Å². The maximum Gasteiger partial charge on any atom is 0.0433 e. The van der Waals surface area contributed by atoms with E-state index in [4.69, 9.17) is 0 Å². The van der Waals surface area contributed by atoms with E-state index < -0.39 is 0 Å². The van der Waals surface area contributed by atoms with Gasteiger partial charge in [0, 0.05) is 13.7 Å². The second kappa shape index (κ2) is 18.7. The van der Waals surface area contributed by atoms with E-state index in [1.807, 2.05) is 20.8 Å². The quantitative estimate of drug-likeness (QED) is 0.586. The van der Waals surface area contributed by atoms with Crippen molar-refractivity contribution in [3.05, 3.63) is 71.3 Å². The van der Waals surface area contributed by atoms with E-state index in [-0.39, 0.29) is 12.9 Å². The average molecular weight is 349 g/mol. The van der Waals surface area contributed by atoms with E-state index in [2.05, 4.69) is 60.7 Å². The second-order valence-electron chi connectivity index (χ2n) is 6.06.